The van der Waals surface area contributed by atoms with Gasteiger partial charge in [0.1, 0.15) is 5.75 Å². The fourth-order valence-corrected chi connectivity index (χ4v) is 4.18. The number of hydrogen-bond acceptors (Lipinski definition) is 7. The molecule has 2 N–H and O–H groups in total. The van der Waals surface area contributed by atoms with Gasteiger partial charge in [-0.3, -0.25) is 9.59 Å². The summed E-state index contributed by atoms with van der Waals surface area (Å²) in [6.45, 7) is 3.17. The van der Waals surface area contributed by atoms with E-state index in [-0.39, 0.29) is 22.6 Å². The van der Waals surface area contributed by atoms with Crippen LogP contribution >= 0.6 is 34.7 Å². The molecule has 0 saturated carbocycles. The number of carbonyl (C=O) groups is 2. The highest BCUT2D eigenvalue weighted by molar-refractivity contribution is 8.01. The summed E-state index contributed by atoms with van der Waals surface area (Å²) in [6.07, 6.45) is 0.957. The van der Waals surface area contributed by atoms with E-state index in [0.717, 1.165) is 29.1 Å². The van der Waals surface area contributed by atoms with Gasteiger partial charge in [0, 0.05) is 17.3 Å². The molecular formula is C21H21ClN4O3S2. The van der Waals surface area contributed by atoms with Crippen LogP contribution in [0.5, 0.6) is 5.75 Å². The van der Waals surface area contributed by atoms with Crippen LogP contribution in [0.2, 0.25) is 5.02 Å². The lowest BCUT2D eigenvalue weighted by Crippen LogP contribution is -2.24. The number of nitrogens with zero attached hydrogens (tertiary/aromatic N) is 2. The van der Waals surface area contributed by atoms with Crippen molar-refractivity contribution >= 4 is 52.2 Å². The molecule has 0 radical (unpaired) electrons. The van der Waals surface area contributed by atoms with Crippen molar-refractivity contribution in [2.24, 2.45) is 0 Å². The summed E-state index contributed by atoms with van der Waals surface area (Å²) in [5, 5.41) is 14.2. The second-order valence-corrected chi connectivity index (χ2v) is 9.03. The number of carbonyl (C=O) groups excluding carboxylic acids is 2. The standard InChI is InChI=1S/C21H21ClN4O3S2/c1-2-10-29-17-8-6-14(7-9-17)12-23-18(27)13-30-21-26-25-20(31-21)19(28)24-16-5-3-4-15(22)11-16/h3-9,11H,2,10,12-13H2,1H3,(H,23,27)(H,24,28). The summed E-state index contributed by atoms with van der Waals surface area (Å²) in [5.41, 5.74) is 1.56. The first kappa shape index (κ1) is 23.1. The number of nitrogens with one attached hydrogen (secondary N) is 2. The smallest absolute Gasteiger partial charge is 0.286 e. The topological polar surface area (TPSA) is 93.2 Å². The van der Waals surface area contributed by atoms with Crippen LogP contribution in [0.3, 0.4) is 0 Å². The van der Waals surface area contributed by atoms with Gasteiger partial charge < -0.3 is 15.4 Å². The summed E-state index contributed by atoms with van der Waals surface area (Å²) in [5.74, 6) is 0.500. The summed E-state index contributed by atoms with van der Waals surface area (Å²) in [7, 11) is 0. The van der Waals surface area contributed by atoms with Crippen LogP contribution in [-0.2, 0) is 11.3 Å². The number of aromatic nitrogens is 2. The largest absolute Gasteiger partial charge is 0.494 e. The summed E-state index contributed by atoms with van der Waals surface area (Å²) >= 11 is 8.28. The van der Waals surface area contributed by atoms with Crippen molar-refractivity contribution < 1.29 is 14.3 Å². The van der Waals surface area contributed by atoms with Crippen molar-refractivity contribution in [3.63, 3.8) is 0 Å². The Balaban J connectivity index is 1.42. The third kappa shape index (κ3) is 7.54. The zero-order chi connectivity index (χ0) is 22.1. The molecule has 31 heavy (non-hydrogen) atoms. The molecule has 2 aromatic carbocycles. The maximum atomic E-state index is 12.3. The van der Waals surface area contributed by atoms with Gasteiger partial charge in [-0.05, 0) is 42.3 Å². The lowest BCUT2D eigenvalue weighted by molar-refractivity contribution is -0.118. The molecule has 10 heteroatoms. The van der Waals surface area contributed by atoms with Crippen molar-refractivity contribution in [1.29, 1.82) is 0 Å². The number of thioether (sulfide) groups is 1. The quantitative estimate of drug-likeness (QED) is 0.414. The molecule has 0 unspecified atom stereocenters. The van der Waals surface area contributed by atoms with Crippen LogP contribution in [0.1, 0.15) is 28.7 Å². The summed E-state index contributed by atoms with van der Waals surface area (Å²) < 4.78 is 6.09. The van der Waals surface area contributed by atoms with Gasteiger partial charge in [-0.1, -0.05) is 59.8 Å². The zero-order valence-electron chi connectivity index (χ0n) is 16.8. The molecule has 1 heterocycles. The fraction of sp³-hybridized carbons (Fsp3) is 0.238. The molecule has 0 spiro atoms. The van der Waals surface area contributed by atoms with Crippen LogP contribution in [-0.4, -0.2) is 34.4 Å². The Morgan fingerprint density at radius 1 is 1.16 bits per heavy atom. The first-order chi connectivity index (χ1) is 15.0. The highest BCUT2D eigenvalue weighted by Gasteiger charge is 2.14. The molecule has 0 aliphatic carbocycles. The molecule has 1 aromatic heterocycles. The number of amides is 2. The van der Waals surface area contributed by atoms with Gasteiger partial charge in [0.2, 0.25) is 10.9 Å². The third-order valence-corrected chi connectivity index (χ3v) is 6.19. The molecule has 162 valence electrons. The number of benzene rings is 2. The van der Waals surface area contributed by atoms with Crippen LogP contribution in [0, 0.1) is 0 Å². The van der Waals surface area contributed by atoms with Crippen LogP contribution < -0.4 is 15.4 Å². The minimum Gasteiger partial charge on any atom is -0.494 e. The highest BCUT2D eigenvalue weighted by Crippen LogP contribution is 2.23. The first-order valence-corrected chi connectivity index (χ1v) is 11.7. The van der Waals surface area contributed by atoms with E-state index in [9.17, 15) is 9.59 Å². The van der Waals surface area contributed by atoms with Crippen LogP contribution in [0.4, 0.5) is 5.69 Å². The molecule has 2 amide bonds. The second-order valence-electron chi connectivity index (χ2n) is 6.40. The molecule has 0 aliphatic heterocycles. The van der Waals surface area contributed by atoms with Crippen LogP contribution in [0.25, 0.3) is 0 Å². The molecule has 3 aromatic rings. The Morgan fingerprint density at radius 2 is 1.97 bits per heavy atom. The molecule has 7 nitrogen and oxygen atoms in total. The van der Waals surface area contributed by atoms with Gasteiger partial charge in [-0.25, -0.2) is 0 Å². The van der Waals surface area contributed by atoms with Crippen molar-refractivity contribution in [2.45, 2.75) is 24.2 Å². The summed E-state index contributed by atoms with van der Waals surface area (Å²) in [6, 6.07) is 14.5. The molecule has 3 rings (SSSR count). The fourth-order valence-electron chi connectivity index (χ4n) is 2.41. The van der Waals surface area contributed by atoms with Gasteiger partial charge in [-0.15, -0.1) is 10.2 Å². The molecule has 0 bridgehead atoms. The minimum absolute atomic E-state index is 0.128. The van der Waals surface area contributed by atoms with Gasteiger partial charge in [-0.2, -0.15) is 0 Å². The van der Waals surface area contributed by atoms with E-state index in [1.165, 1.54) is 11.8 Å². The Kier molecular flexibility index (Phi) is 8.69. The molecule has 0 fully saturated rings. The number of ether oxygens (including phenoxy) is 1. The molecule has 0 atom stereocenters. The summed E-state index contributed by atoms with van der Waals surface area (Å²) in [4.78, 5) is 24.4. The van der Waals surface area contributed by atoms with Crippen molar-refractivity contribution in [3.8, 4) is 5.75 Å². The van der Waals surface area contributed by atoms with Gasteiger partial charge in [0.05, 0.1) is 12.4 Å². The molecule has 0 saturated heterocycles. The number of rotatable bonds is 10. The van der Waals surface area contributed by atoms with Crippen LogP contribution in [0.15, 0.2) is 52.9 Å². The van der Waals surface area contributed by atoms with Crippen molar-refractivity contribution in [2.75, 3.05) is 17.7 Å². The first-order valence-electron chi connectivity index (χ1n) is 9.55. The second kappa shape index (κ2) is 11.7. The Hall–Kier alpha value is -2.62. The average Bonchev–Trinajstić information content (AvgIpc) is 3.25. The Bertz CT molecular complexity index is 1030. The number of halogens is 1. The Labute approximate surface area is 193 Å². The SMILES string of the molecule is CCCOc1ccc(CNC(=O)CSc2nnc(C(=O)Nc3cccc(Cl)c3)s2)cc1. The lowest BCUT2D eigenvalue weighted by Gasteiger charge is -2.07. The third-order valence-electron chi connectivity index (χ3n) is 3.90. The van der Waals surface area contributed by atoms with Gasteiger partial charge >= 0.3 is 0 Å². The predicted octanol–water partition coefficient (Wildman–Crippen LogP) is 4.64. The van der Waals surface area contributed by atoms with E-state index in [0.29, 0.717) is 28.2 Å². The van der Waals surface area contributed by atoms with E-state index < -0.39 is 0 Å². The monoisotopic (exact) mass is 476 g/mol. The predicted molar refractivity (Wildman–Crippen MR) is 124 cm³/mol. The average molecular weight is 477 g/mol. The van der Waals surface area contributed by atoms with E-state index in [1.807, 2.05) is 24.3 Å². The van der Waals surface area contributed by atoms with Gasteiger partial charge in [0.15, 0.2) is 4.34 Å². The zero-order valence-corrected chi connectivity index (χ0v) is 19.1. The Morgan fingerprint density at radius 3 is 2.71 bits per heavy atom. The van der Waals surface area contributed by atoms with Gasteiger partial charge in [0.25, 0.3) is 5.91 Å². The van der Waals surface area contributed by atoms with E-state index in [4.69, 9.17) is 16.3 Å². The minimum atomic E-state index is -0.373. The number of hydrogen-bond donors (Lipinski definition) is 2. The maximum Gasteiger partial charge on any atom is 0.286 e. The molecular weight excluding hydrogens is 456 g/mol. The van der Waals surface area contributed by atoms with Crippen molar-refractivity contribution in [1.82, 2.24) is 15.5 Å². The normalized spacial score (nSPS) is 10.5. The number of anilines is 1. The van der Waals surface area contributed by atoms with E-state index in [2.05, 4.69) is 27.8 Å². The maximum absolute atomic E-state index is 12.3. The van der Waals surface area contributed by atoms with Crippen molar-refractivity contribution in [3.05, 3.63) is 64.1 Å². The van der Waals surface area contributed by atoms with E-state index in [1.54, 1.807) is 24.3 Å². The lowest BCUT2D eigenvalue weighted by atomic mass is 10.2. The molecule has 0 aliphatic rings. The highest BCUT2D eigenvalue weighted by atomic mass is 35.5. The van der Waals surface area contributed by atoms with E-state index >= 15 is 0 Å².